The summed E-state index contributed by atoms with van der Waals surface area (Å²) in [4.78, 5) is 1.07. The van der Waals surface area contributed by atoms with Crippen molar-refractivity contribution in [3.05, 3.63) is 33.2 Å². The van der Waals surface area contributed by atoms with Gasteiger partial charge in [-0.3, -0.25) is 0 Å². The van der Waals surface area contributed by atoms with Crippen LogP contribution in [0.25, 0.3) is 0 Å². The molecule has 1 N–H and O–H groups in total. The molecule has 0 saturated carbocycles. The van der Waals surface area contributed by atoms with Crippen molar-refractivity contribution in [1.29, 1.82) is 0 Å². The van der Waals surface area contributed by atoms with Gasteiger partial charge in [-0.25, -0.2) is 0 Å². The van der Waals surface area contributed by atoms with E-state index in [-0.39, 0.29) is 0 Å². The van der Waals surface area contributed by atoms with Crippen LogP contribution in [0.4, 0.5) is 0 Å². The van der Waals surface area contributed by atoms with E-state index in [0.29, 0.717) is 0 Å². The zero-order valence-corrected chi connectivity index (χ0v) is 12.6. The van der Waals surface area contributed by atoms with Gasteiger partial charge in [-0.05, 0) is 47.5 Å². The lowest BCUT2D eigenvalue weighted by Gasteiger charge is -2.07. The number of aliphatic hydroxyl groups is 1. The second-order valence-electron chi connectivity index (χ2n) is 3.55. The molecule has 0 aliphatic heterocycles. The van der Waals surface area contributed by atoms with Gasteiger partial charge >= 0.3 is 0 Å². The second-order valence-corrected chi connectivity index (χ2v) is 6.88. The Hall–Kier alpha value is -0.430. The van der Waals surface area contributed by atoms with Crippen LogP contribution in [0.2, 0.25) is 0 Å². The Kier molecular flexibility index (Phi) is 4.19. The summed E-state index contributed by atoms with van der Waals surface area (Å²) >= 11 is 6.65. The highest BCUT2D eigenvalue weighted by atomic mass is 79.9. The molecule has 90 valence electrons. The molecule has 1 aromatic heterocycles. The molecular weight excluding hydrogens is 320 g/mol. The van der Waals surface area contributed by atoms with Crippen LogP contribution in [0.5, 0.6) is 0 Å². The molecule has 17 heavy (non-hydrogen) atoms. The molecule has 0 radical (unpaired) electrons. The zero-order chi connectivity index (χ0) is 12.4. The lowest BCUT2D eigenvalue weighted by Crippen LogP contribution is -1.90. The predicted octanol–water partition coefficient (Wildman–Crippen LogP) is 3.81. The third-order valence-electron chi connectivity index (χ3n) is 2.14. The molecular formula is C11H11BrN2OS2. The molecule has 0 bridgehead atoms. The number of hydrogen-bond donors (Lipinski definition) is 1. The molecule has 1 unspecified atom stereocenters. The van der Waals surface area contributed by atoms with Crippen molar-refractivity contribution in [3.8, 4) is 0 Å². The van der Waals surface area contributed by atoms with Gasteiger partial charge in [0.1, 0.15) is 5.01 Å². The van der Waals surface area contributed by atoms with Gasteiger partial charge in [0.25, 0.3) is 0 Å². The third kappa shape index (κ3) is 3.28. The van der Waals surface area contributed by atoms with Crippen LogP contribution in [0.3, 0.4) is 0 Å². The Balaban J connectivity index is 2.22. The van der Waals surface area contributed by atoms with E-state index in [2.05, 4.69) is 26.1 Å². The van der Waals surface area contributed by atoms with Gasteiger partial charge < -0.3 is 5.11 Å². The number of aliphatic hydroxyl groups excluding tert-OH is 1. The number of hydrogen-bond acceptors (Lipinski definition) is 5. The number of rotatable bonds is 3. The van der Waals surface area contributed by atoms with Crippen LogP contribution in [0.1, 0.15) is 23.6 Å². The quantitative estimate of drug-likeness (QED) is 0.929. The molecule has 6 heteroatoms. The van der Waals surface area contributed by atoms with E-state index < -0.39 is 6.10 Å². The lowest BCUT2D eigenvalue weighted by atomic mass is 10.1. The predicted molar refractivity (Wildman–Crippen MR) is 73.5 cm³/mol. The summed E-state index contributed by atoms with van der Waals surface area (Å²) in [5, 5.41) is 18.5. The maximum Gasteiger partial charge on any atom is 0.179 e. The van der Waals surface area contributed by atoms with Crippen LogP contribution in [-0.4, -0.2) is 15.3 Å². The van der Waals surface area contributed by atoms with Crippen molar-refractivity contribution in [2.45, 2.75) is 29.2 Å². The highest BCUT2D eigenvalue weighted by Gasteiger charge is 2.09. The SMILES string of the molecule is Cc1nnc(Sc2ccc(C(C)O)cc2Br)s1. The molecule has 1 atom stereocenters. The summed E-state index contributed by atoms with van der Waals surface area (Å²) in [6.45, 7) is 3.69. The van der Waals surface area contributed by atoms with Crippen LogP contribution < -0.4 is 0 Å². The van der Waals surface area contributed by atoms with Gasteiger partial charge in [0.05, 0.1) is 6.10 Å². The van der Waals surface area contributed by atoms with E-state index >= 15 is 0 Å². The lowest BCUT2D eigenvalue weighted by molar-refractivity contribution is 0.199. The molecule has 3 nitrogen and oxygen atoms in total. The van der Waals surface area contributed by atoms with Gasteiger partial charge in [0.2, 0.25) is 0 Å². The van der Waals surface area contributed by atoms with Crippen LogP contribution >= 0.6 is 39.0 Å². The number of aromatic nitrogens is 2. The van der Waals surface area contributed by atoms with Gasteiger partial charge in [-0.2, -0.15) is 0 Å². The number of halogens is 1. The van der Waals surface area contributed by atoms with Crippen molar-refractivity contribution < 1.29 is 5.11 Å². The summed E-state index contributed by atoms with van der Waals surface area (Å²) in [5.74, 6) is 0. The largest absolute Gasteiger partial charge is 0.389 e. The van der Waals surface area contributed by atoms with Crippen molar-refractivity contribution in [1.82, 2.24) is 10.2 Å². The average Bonchev–Trinajstić information content (AvgIpc) is 2.67. The Morgan fingerprint density at radius 1 is 1.41 bits per heavy atom. The minimum absolute atomic E-state index is 0.450. The summed E-state index contributed by atoms with van der Waals surface area (Å²) < 4.78 is 1.89. The summed E-state index contributed by atoms with van der Waals surface area (Å²) in [5.41, 5.74) is 0.898. The molecule has 0 fully saturated rings. The van der Waals surface area contributed by atoms with E-state index in [1.807, 2.05) is 25.1 Å². The van der Waals surface area contributed by atoms with E-state index in [1.165, 1.54) is 0 Å². The molecule has 0 amide bonds. The number of aryl methyl sites for hydroxylation is 1. The standard InChI is InChI=1S/C11H11BrN2OS2/c1-6(15)8-3-4-10(9(12)5-8)17-11-14-13-7(2)16-11/h3-6,15H,1-2H3. The first-order valence-corrected chi connectivity index (χ1v) is 7.44. The topological polar surface area (TPSA) is 46.0 Å². The Morgan fingerprint density at radius 2 is 2.18 bits per heavy atom. The maximum absolute atomic E-state index is 9.48. The highest BCUT2D eigenvalue weighted by Crippen LogP contribution is 2.36. The molecule has 0 aliphatic carbocycles. The van der Waals surface area contributed by atoms with E-state index in [1.54, 1.807) is 30.0 Å². The molecule has 2 aromatic rings. The number of benzene rings is 1. The van der Waals surface area contributed by atoms with Crippen molar-refractivity contribution >= 4 is 39.0 Å². The fraction of sp³-hybridized carbons (Fsp3) is 0.273. The van der Waals surface area contributed by atoms with E-state index in [9.17, 15) is 5.11 Å². The molecule has 0 aliphatic rings. The van der Waals surface area contributed by atoms with Crippen molar-refractivity contribution in [2.75, 3.05) is 0 Å². The minimum Gasteiger partial charge on any atom is -0.389 e. The first-order chi connectivity index (χ1) is 8.06. The van der Waals surface area contributed by atoms with E-state index in [0.717, 1.165) is 24.3 Å². The molecule has 0 spiro atoms. The smallest absolute Gasteiger partial charge is 0.179 e. The molecule has 1 aromatic carbocycles. The second kappa shape index (κ2) is 5.48. The van der Waals surface area contributed by atoms with Crippen molar-refractivity contribution in [3.63, 3.8) is 0 Å². The summed E-state index contributed by atoms with van der Waals surface area (Å²) in [7, 11) is 0. The molecule has 2 rings (SSSR count). The summed E-state index contributed by atoms with van der Waals surface area (Å²) in [6.07, 6.45) is -0.450. The third-order valence-corrected chi connectivity index (χ3v) is 5.03. The summed E-state index contributed by atoms with van der Waals surface area (Å²) in [6, 6.07) is 5.83. The normalized spacial score (nSPS) is 12.7. The first-order valence-electron chi connectivity index (χ1n) is 5.01. The Morgan fingerprint density at radius 3 is 2.71 bits per heavy atom. The zero-order valence-electron chi connectivity index (χ0n) is 9.35. The van der Waals surface area contributed by atoms with Crippen LogP contribution in [-0.2, 0) is 0 Å². The fourth-order valence-electron chi connectivity index (χ4n) is 1.27. The van der Waals surface area contributed by atoms with E-state index in [4.69, 9.17) is 0 Å². The molecule has 0 saturated heterocycles. The van der Waals surface area contributed by atoms with Crippen molar-refractivity contribution in [2.24, 2.45) is 0 Å². The fourth-order valence-corrected chi connectivity index (χ4v) is 3.69. The van der Waals surface area contributed by atoms with Gasteiger partial charge in [-0.1, -0.05) is 29.2 Å². The van der Waals surface area contributed by atoms with Crippen LogP contribution in [0, 0.1) is 6.92 Å². The van der Waals surface area contributed by atoms with Gasteiger partial charge in [-0.15, -0.1) is 10.2 Å². The van der Waals surface area contributed by atoms with Crippen LogP contribution in [0.15, 0.2) is 31.9 Å². The van der Waals surface area contributed by atoms with Gasteiger partial charge in [0, 0.05) is 9.37 Å². The maximum atomic E-state index is 9.48. The number of nitrogens with zero attached hydrogens (tertiary/aromatic N) is 2. The molecule has 1 heterocycles. The first kappa shape index (κ1) is 13.0. The Bertz CT molecular complexity index is 528. The van der Waals surface area contributed by atoms with Gasteiger partial charge in [0.15, 0.2) is 4.34 Å². The average molecular weight is 331 g/mol. The monoisotopic (exact) mass is 330 g/mol. The minimum atomic E-state index is -0.450. The highest BCUT2D eigenvalue weighted by molar-refractivity contribution is 9.10. The Labute approximate surface area is 116 Å².